The number of nitrogens with zero attached hydrogens (tertiary/aromatic N) is 4. The summed E-state index contributed by atoms with van der Waals surface area (Å²) < 4.78 is 2.03. The molecule has 4 saturated carbocycles. The molecule has 0 unspecified atom stereocenters. The molecule has 3 aromatic rings. The Kier molecular flexibility index (Phi) is 5.01. The number of nitrogens with one attached hydrogen (secondary N) is 1. The van der Waals surface area contributed by atoms with E-state index in [0.29, 0.717) is 5.75 Å². The summed E-state index contributed by atoms with van der Waals surface area (Å²) in [5.41, 5.74) is 1.97. The molecule has 7 heteroatoms. The van der Waals surface area contributed by atoms with E-state index in [1.807, 2.05) is 47.0 Å². The van der Waals surface area contributed by atoms with Crippen molar-refractivity contribution in [2.75, 3.05) is 5.75 Å². The zero-order valence-electron chi connectivity index (χ0n) is 18.0. The van der Waals surface area contributed by atoms with Gasteiger partial charge in [0.05, 0.1) is 5.75 Å². The van der Waals surface area contributed by atoms with Gasteiger partial charge in [0.1, 0.15) is 0 Å². The van der Waals surface area contributed by atoms with Gasteiger partial charge in [-0.3, -0.25) is 14.3 Å². The average molecular weight is 446 g/mol. The van der Waals surface area contributed by atoms with Crippen LogP contribution in [0.25, 0.3) is 17.1 Å². The van der Waals surface area contributed by atoms with Crippen molar-refractivity contribution < 1.29 is 4.79 Å². The van der Waals surface area contributed by atoms with Crippen molar-refractivity contribution in [1.29, 1.82) is 0 Å². The lowest BCUT2D eigenvalue weighted by atomic mass is 9.53. The smallest absolute Gasteiger partial charge is 0.230 e. The molecular weight excluding hydrogens is 418 g/mol. The number of carbonyl (C=O) groups excluding carboxylic acids is 1. The number of hydrogen-bond donors (Lipinski definition) is 1. The number of benzene rings is 1. The van der Waals surface area contributed by atoms with Crippen LogP contribution in [0.1, 0.15) is 38.5 Å². The molecule has 4 bridgehead atoms. The van der Waals surface area contributed by atoms with Crippen molar-refractivity contribution in [3.8, 4) is 17.1 Å². The topological polar surface area (TPSA) is 72.7 Å². The molecule has 4 aliphatic rings. The summed E-state index contributed by atoms with van der Waals surface area (Å²) in [5.74, 6) is 3.67. The number of rotatable bonds is 6. The molecule has 4 aliphatic carbocycles. The van der Waals surface area contributed by atoms with Gasteiger partial charge in [0, 0.05) is 29.2 Å². The molecule has 1 aromatic carbocycles. The fourth-order valence-electron chi connectivity index (χ4n) is 6.59. The number of aromatic nitrogens is 4. The average Bonchev–Trinajstić information content (AvgIpc) is 3.22. The third kappa shape index (κ3) is 3.72. The van der Waals surface area contributed by atoms with Crippen LogP contribution in [0.5, 0.6) is 0 Å². The molecule has 0 aliphatic heterocycles. The van der Waals surface area contributed by atoms with E-state index in [-0.39, 0.29) is 11.4 Å². The van der Waals surface area contributed by atoms with Crippen LogP contribution in [-0.2, 0) is 4.79 Å². The van der Waals surface area contributed by atoms with Crippen LogP contribution in [0, 0.1) is 17.8 Å². The predicted molar refractivity (Wildman–Crippen MR) is 124 cm³/mol. The molecule has 2 heterocycles. The minimum absolute atomic E-state index is 0.0433. The summed E-state index contributed by atoms with van der Waals surface area (Å²) in [6.45, 7) is 0. The molecule has 0 radical (unpaired) electrons. The van der Waals surface area contributed by atoms with E-state index in [0.717, 1.165) is 40.0 Å². The Hall–Kier alpha value is -2.67. The Balaban J connectivity index is 1.21. The van der Waals surface area contributed by atoms with Crippen molar-refractivity contribution in [2.24, 2.45) is 17.8 Å². The van der Waals surface area contributed by atoms with Crippen molar-refractivity contribution in [2.45, 2.75) is 49.2 Å². The standard InChI is InChI=1S/C25H27N5OS/c31-22(27-25-13-17-10-18(14-25)12-19(11-17)15-25)16-32-24-29-28-23(20-6-8-26-9-7-20)30(24)21-4-2-1-3-5-21/h1-9,17-19H,10-16H2,(H,27,31). The van der Waals surface area contributed by atoms with E-state index in [1.54, 1.807) is 12.4 Å². The van der Waals surface area contributed by atoms with Gasteiger partial charge in [0.15, 0.2) is 11.0 Å². The Morgan fingerprint density at radius 2 is 1.62 bits per heavy atom. The van der Waals surface area contributed by atoms with Gasteiger partial charge in [-0.2, -0.15) is 0 Å². The molecule has 4 fully saturated rings. The van der Waals surface area contributed by atoms with Gasteiger partial charge < -0.3 is 5.32 Å². The molecule has 1 N–H and O–H groups in total. The van der Waals surface area contributed by atoms with Crippen LogP contribution < -0.4 is 5.32 Å². The van der Waals surface area contributed by atoms with Gasteiger partial charge in [0.2, 0.25) is 5.91 Å². The van der Waals surface area contributed by atoms with Gasteiger partial charge >= 0.3 is 0 Å². The number of carbonyl (C=O) groups is 1. The fourth-order valence-corrected chi connectivity index (χ4v) is 7.34. The molecule has 0 spiro atoms. The number of pyridine rings is 1. The van der Waals surface area contributed by atoms with Gasteiger partial charge in [-0.15, -0.1) is 10.2 Å². The lowest BCUT2D eigenvalue weighted by Crippen LogP contribution is -2.60. The Morgan fingerprint density at radius 3 is 2.28 bits per heavy atom. The highest BCUT2D eigenvalue weighted by atomic mass is 32.2. The number of amides is 1. The summed E-state index contributed by atoms with van der Waals surface area (Å²) >= 11 is 1.46. The molecular formula is C25H27N5OS. The first-order valence-electron chi connectivity index (χ1n) is 11.5. The van der Waals surface area contributed by atoms with Gasteiger partial charge in [-0.05, 0) is 80.5 Å². The zero-order chi connectivity index (χ0) is 21.5. The molecule has 32 heavy (non-hydrogen) atoms. The third-order valence-corrected chi connectivity index (χ3v) is 8.29. The maximum absolute atomic E-state index is 13.0. The summed E-state index contributed by atoms with van der Waals surface area (Å²) in [7, 11) is 0. The van der Waals surface area contributed by atoms with Crippen molar-refractivity contribution in [1.82, 2.24) is 25.1 Å². The van der Waals surface area contributed by atoms with Crippen LogP contribution in [0.4, 0.5) is 0 Å². The number of para-hydroxylation sites is 1. The lowest BCUT2D eigenvalue weighted by molar-refractivity contribution is -0.124. The minimum Gasteiger partial charge on any atom is -0.350 e. The van der Waals surface area contributed by atoms with E-state index < -0.39 is 0 Å². The van der Waals surface area contributed by atoms with E-state index in [9.17, 15) is 4.79 Å². The second-order valence-corrected chi connectivity index (χ2v) is 10.7. The quantitative estimate of drug-likeness (QED) is 0.566. The zero-order valence-corrected chi connectivity index (χ0v) is 18.8. The number of thioether (sulfide) groups is 1. The first kappa shape index (κ1) is 20.0. The molecule has 2 aromatic heterocycles. The Morgan fingerprint density at radius 1 is 0.969 bits per heavy atom. The summed E-state index contributed by atoms with van der Waals surface area (Å²) in [4.78, 5) is 17.1. The van der Waals surface area contributed by atoms with Crippen LogP contribution in [0.2, 0.25) is 0 Å². The minimum atomic E-state index is 0.0433. The van der Waals surface area contributed by atoms with Crippen LogP contribution in [0.3, 0.4) is 0 Å². The summed E-state index contributed by atoms with van der Waals surface area (Å²) in [6, 6.07) is 13.9. The highest BCUT2D eigenvalue weighted by Gasteiger charge is 2.51. The number of hydrogen-bond acceptors (Lipinski definition) is 5. The lowest BCUT2D eigenvalue weighted by Gasteiger charge is -2.56. The maximum Gasteiger partial charge on any atom is 0.230 e. The molecule has 0 atom stereocenters. The molecule has 7 rings (SSSR count). The van der Waals surface area contributed by atoms with Gasteiger partial charge in [0.25, 0.3) is 0 Å². The Labute approximate surface area is 192 Å². The van der Waals surface area contributed by atoms with Crippen molar-refractivity contribution in [3.63, 3.8) is 0 Å². The highest BCUT2D eigenvalue weighted by molar-refractivity contribution is 7.99. The predicted octanol–water partition coefficient (Wildman–Crippen LogP) is 4.51. The van der Waals surface area contributed by atoms with Crippen LogP contribution in [-0.4, -0.2) is 36.9 Å². The normalized spacial score (nSPS) is 28.1. The van der Waals surface area contributed by atoms with E-state index in [2.05, 4.69) is 20.5 Å². The van der Waals surface area contributed by atoms with Gasteiger partial charge in [-0.25, -0.2) is 0 Å². The van der Waals surface area contributed by atoms with Crippen LogP contribution >= 0.6 is 11.8 Å². The largest absolute Gasteiger partial charge is 0.350 e. The molecule has 1 amide bonds. The van der Waals surface area contributed by atoms with Crippen LogP contribution in [0.15, 0.2) is 60.0 Å². The van der Waals surface area contributed by atoms with Crippen molar-refractivity contribution >= 4 is 17.7 Å². The first-order chi connectivity index (χ1) is 15.7. The van der Waals surface area contributed by atoms with Gasteiger partial charge in [-0.1, -0.05) is 30.0 Å². The van der Waals surface area contributed by atoms with E-state index in [1.165, 1.54) is 50.3 Å². The maximum atomic E-state index is 13.0. The SMILES string of the molecule is O=C(CSc1nnc(-c2ccncc2)n1-c1ccccc1)NC12CC3CC(CC(C3)C1)C2. The molecule has 164 valence electrons. The second-order valence-electron chi connectivity index (χ2n) is 9.75. The first-order valence-corrected chi connectivity index (χ1v) is 12.5. The van der Waals surface area contributed by atoms with E-state index in [4.69, 9.17) is 0 Å². The molecule has 6 nitrogen and oxygen atoms in total. The Bertz CT molecular complexity index is 1080. The second kappa shape index (κ2) is 8.03. The van der Waals surface area contributed by atoms with E-state index >= 15 is 0 Å². The summed E-state index contributed by atoms with van der Waals surface area (Å²) in [5, 5.41) is 13.1. The monoisotopic (exact) mass is 445 g/mol. The third-order valence-electron chi connectivity index (χ3n) is 7.36. The molecule has 0 saturated heterocycles. The fraction of sp³-hybridized carbons (Fsp3) is 0.440. The summed E-state index contributed by atoms with van der Waals surface area (Å²) in [6.07, 6.45) is 11.1. The highest BCUT2D eigenvalue weighted by Crippen LogP contribution is 2.55. The van der Waals surface area contributed by atoms with Crippen molar-refractivity contribution in [3.05, 3.63) is 54.9 Å².